The van der Waals surface area contributed by atoms with Gasteiger partial charge in [-0.2, -0.15) is 0 Å². The summed E-state index contributed by atoms with van der Waals surface area (Å²) >= 11 is 0. The van der Waals surface area contributed by atoms with Gasteiger partial charge in [-0.3, -0.25) is 4.98 Å². The fourth-order valence-electron chi connectivity index (χ4n) is 2.20. The summed E-state index contributed by atoms with van der Waals surface area (Å²) in [7, 11) is 0. The van der Waals surface area contributed by atoms with Crippen molar-refractivity contribution in [1.82, 2.24) is 4.98 Å². The van der Waals surface area contributed by atoms with Crippen LogP contribution in [0.4, 0.5) is 17.1 Å². The summed E-state index contributed by atoms with van der Waals surface area (Å²) in [6.07, 6.45) is 1.70. The molecule has 5 nitrogen and oxygen atoms in total. The number of hydrogen-bond acceptors (Lipinski definition) is 4. The average molecular weight is 279 g/mol. The summed E-state index contributed by atoms with van der Waals surface area (Å²) in [5.74, 6) is -1.03. The zero-order valence-electron chi connectivity index (χ0n) is 11.1. The molecule has 0 fully saturated rings. The number of nitrogens with two attached hydrogens (primary N) is 1. The van der Waals surface area contributed by atoms with Crippen LogP contribution >= 0.6 is 0 Å². The van der Waals surface area contributed by atoms with Gasteiger partial charge in [-0.15, -0.1) is 0 Å². The molecule has 0 saturated carbocycles. The molecule has 1 heterocycles. The van der Waals surface area contributed by atoms with Crippen molar-refractivity contribution >= 4 is 33.9 Å². The Morgan fingerprint density at radius 1 is 1.10 bits per heavy atom. The third-order valence-electron chi connectivity index (χ3n) is 3.18. The van der Waals surface area contributed by atoms with Crippen LogP contribution in [-0.4, -0.2) is 16.1 Å². The monoisotopic (exact) mass is 279 g/mol. The minimum absolute atomic E-state index is 0.128. The van der Waals surface area contributed by atoms with Crippen LogP contribution in [0.5, 0.6) is 0 Å². The van der Waals surface area contributed by atoms with E-state index in [0.717, 1.165) is 16.6 Å². The van der Waals surface area contributed by atoms with Crippen molar-refractivity contribution in [1.29, 1.82) is 0 Å². The molecule has 0 spiro atoms. The van der Waals surface area contributed by atoms with Crippen LogP contribution in [-0.2, 0) is 0 Å². The number of hydrogen-bond donors (Lipinski definition) is 3. The molecule has 104 valence electrons. The molecule has 3 aromatic rings. The summed E-state index contributed by atoms with van der Waals surface area (Å²) in [5, 5.41) is 13.4. The van der Waals surface area contributed by atoms with Crippen molar-refractivity contribution < 1.29 is 9.90 Å². The van der Waals surface area contributed by atoms with E-state index in [1.807, 2.05) is 30.3 Å². The predicted octanol–water partition coefficient (Wildman–Crippen LogP) is 3.26. The van der Waals surface area contributed by atoms with E-state index < -0.39 is 5.97 Å². The van der Waals surface area contributed by atoms with Gasteiger partial charge < -0.3 is 16.2 Å². The highest BCUT2D eigenvalue weighted by molar-refractivity contribution is 5.99. The second-order valence-corrected chi connectivity index (χ2v) is 4.62. The molecule has 4 N–H and O–H groups in total. The second kappa shape index (κ2) is 5.13. The maximum atomic E-state index is 11.3. The SMILES string of the molecule is Nc1ccc(Nc2cccc3cccnc23)c(C(=O)O)c1. The highest BCUT2D eigenvalue weighted by atomic mass is 16.4. The fraction of sp³-hybridized carbons (Fsp3) is 0. The third kappa shape index (κ3) is 2.49. The summed E-state index contributed by atoms with van der Waals surface area (Å²) in [4.78, 5) is 15.7. The maximum absolute atomic E-state index is 11.3. The highest BCUT2D eigenvalue weighted by Gasteiger charge is 2.12. The number of carboxylic acid groups (broad SMARTS) is 1. The van der Waals surface area contributed by atoms with Gasteiger partial charge in [0.05, 0.1) is 22.5 Å². The van der Waals surface area contributed by atoms with Gasteiger partial charge in [0.1, 0.15) is 0 Å². The van der Waals surface area contributed by atoms with Crippen molar-refractivity contribution in [2.24, 2.45) is 0 Å². The summed E-state index contributed by atoms with van der Waals surface area (Å²) < 4.78 is 0. The van der Waals surface area contributed by atoms with E-state index in [9.17, 15) is 9.90 Å². The summed E-state index contributed by atoms with van der Waals surface area (Å²) in [5.41, 5.74) is 8.20. The Kier molecular flexibility index (Phi) is 3.16. The first-order valence-corrected chi connectivity index (χ1v) is 6.39. The predicted molar refractivity (Wildman–Crippen MR) is 82.8 cm³/mol. The van der Waals surface area contributed by atoms with Gasteiger partial charge in [0.15, 0.2) is 0 Å². The maximum Gasteiger partial charge on any atom is 0.337 e. The molecule has 0 aliphatic carbocycles. The molecular weight excluding hydrogens is 266 g/mol. The van der Waals surface area contributed by atoms with Crippen molar-refractivity contribution in [2.45, 2.75) is 0 Å². The van der Waals surface area contributed by atoms with Gasteiger partial charge in [0.25, 0.3) is 0 Å². The Hall–Kier alpha value is -3.08. The van der Waals surface area contributed by atoms with Crippen LogP contribution in [0.2, 0.25) is 0 Å². The molecule has 1 aromatic heterocycles. The number of fused-ring (bicyclic) bond motifs is 1. The quantitative estimate of drug-likeness (QED) is 0.640. The molecule has 0 saturated heterocycles. The van der Waals surface area contributed by atoms with E-state index in [-0.39, 0.29) is 5.56 Å². The van der Waals surface area contributed by atoms with Crippen molar-refractivity contribution in [2.75, 3.05) is 11.1 Å². The fourth-order valence-corrected chi connectivity index (χ4v) is 2.20. The summed E-state index contributed by atoms with van der Waals surface area (Å²) in [6.45, 7) is 0. The largest absolute Gasteiger partial charge is 0.478 e. The molecule has 0 aliphatic rings. The number of rotatable bonds is 3. The third-order valence-corrected chi connectivity index (χ3v) is 3.18. The minimum atomic E-state index is -1.03. The molecule has 0 aliphatic heterocycles. The standard InChI is InChI=1S/C16H13N3O2/c17-11-6-7-13(12(9-11)16(20)21)19-14-5-1-3-10-4-2-8-18-15(10)14/h1-9,19H,17H2,(H,20,21). The average Bonchev–Trinajstić information content (AvgIpc) is 2.49. The number of aromatic nitrogens is 1. The highest BCUT2D eigenvalue weighted by Crippen LogP contribution is 2.27. The number of carbonyl (C=O) groups is 1. The Bertz CT molecular complexity index is 825. The van der Waals surface area contributed by atoms with Gasteiger partial charge in [0, 0.05) is 17.3 Å². The number of anilines is 3. The normalized spacial score (nSPS) is 10.5. The zero-order valence-corrected chi connectivity index (χ0v) is 11.1. The first kappa shape index (κ1) is 12.9. The molecular formula is C16H13N3O2. The molecule has 3 rings (SSSR count). The van der Waals surface area contributed by atoms with Crippen LogP contribution < -0.4 is 11.1 Å². The lowest BCUT2D eigenvalue weighted by atomic mass is 10.1. The number of pyridine rings is 1. The van der Waals surface area contributed by atoms with E-state index >= 15 is 0 Å². The first-order chi connectivity index (χ1) is 10.1. The van der Waals surface area contributed by atoms with Crippen LogP contribution in [0.3, 0.4) is 0 Å². The van der Waals surface area contributed by atoms with E-state index in [1.165, 1.54) is 6.07 Å². The molecule has 0 unspecified atom stereocenters. The van der Waals surface area contributed by atoms with Crippen molar-refractivity contribution in [3.05, 3.63) is 60.3 Å². The van der Waals surface area contributed by atoms with Crippen molar-refractivity contribution in [3.63, 3.8) is 0 Å². The smallest absolute Gasteiger partial charge is 0.337 e. The van der Waals surface area contributed by atoms with Crippen LogP contribution in [0.15, 0.2) is 54.7 Å². The molecule has 0 atom stereocenters. The number of nitrogen functional groups attached to an aromatic ring is 1. The minimum Gasteiger partial charge on any atom is -0.478 e. The van der Waals surface area contributed by atoms with E-state index in [4.69, 9.17) is 5.73 Å². The Labute approximate surface area is 121 Å². The number of nitrogens with one attached hydrogen (secondary N) is 1. The topological polar surface area (TPSA) is 88.2 Å². The first-order valence-electron chi connectivity index (χ1n) is 6.39. The van der Waals surface area contributed by atoms with E-state index in [0.29, 0.717) is 11.4 Å². The Morgan fingerprint density at radius 2 is 1.90 bits per heavy atom. The lowest BCUT2D eigenvalue weighted by Crippen LogP contribution is -2.04. The second-order valence-electron chi connectivity index (χ2n) is 4.62. The van der Waals surface area contributed by atoms with Gasteiger partial charge in [-0.1, -0.05) is 18.2 Å². The zero-order chi connectivity index (χ0) is 14.8. The van der Waals surface area contributed by atoms with E-state index in [2.05, 4.69) is 10.3 Å². The van der Waals surface area contributed by atoms with Crippen LogP contribution in [0.25, 0.3) is 10.9 Å². The van der Waals surface area contributed by atoms with Gasteiger partial charge in [-0.05, 0) is 30.3 Å². The number of aromatic carboxylic acids is 1. The molecule has 2 aromatic carbocycles. The van der Waals surface area contributed by atoms with Crippen molar-refractivity contribution in [3.8, 4) is 0 Å². The van der Waals surface area contributed by atoms with Gasteiger partial charge in [0.2, 0.25) is 0 Å². The van der Waals surface area contributed by atoms with Gasteiger partial charge >= 0.3 is 5.97 Å². The number of benzene rings is 2. The lowest BCUT2D eigenvalue weighted by Gasteiger charge is -2.12. The van der Waals surface area contributed by atoms with E-state index in [1.54, 1.807) is 18.3 Å². The molecule has 21 heavy (non-hydrogen) atoms. The Morgan fingerprint density at radius 3 is 2.71 bits per heavy atom. The molecule has 5 heteroatoms. The molecule has 0 amide bonds. The Balaban J connectivity index is 2.09. The number of para-hydroxylation sites is 1. The number of carboxylic acids is 1. The van der Waals surface area contributed by atoms with Crippen LogP contribution in [0.1, 0.15) is 10.4 Å². The van der Waals surface area contributed by atoms with Gasteiger partial charge in [-0.25, -0.2) is 4.79 Å². The molecule has 0 bridgehead atoms. The van der Waals surface area contributed by atoms with Crippen LogP contribution in [0, 0.1) is 0 Å². The lowest BCUT2D eigenvalue weighted by molar-refractivity contribution is 0.0698. The summed E-state index contributed by atoms with van der Waals surface area (Å²) in [6, 6.07) is 14.3. The number of nitrogens with zero attached hydrogens (tertiary/aromatic N) is 1. The molecule has 0 radical (unpaired) electrons.